The number of nitrogens with one attached hydrogen (secondary N) is 1. The van der Waals surface area contributed by atoms with Gasteiger partial charge >= 0.3 is 0 Å². The number of hydrogen-bond donors (Lipinski definition) is 1. The number of aromatic nitrogens is 1. The SMILES string of the molecule is CN(CC(=O)Nc1ccccc1Br)C(=O)c1cnc(-c2cccs2)s1. The highest BCUT2D eigenvalue weighted by molar-refractivity contribution is 9.10. The highest BCUT2D eigenvalue weighted by Crippen LogP contribution is 2.29. The van der Waals surface area contributed by atoms with Crippen molar-refractivity contribution in [3.63, 3.8) is 0 Å². The summed E-state index contributed by atoms with van der Waals surface area (Å²) in [6.45, 7) is -0.0353. The van der Waals surface area contributed by atoms with Crippen LogP contribution in [0.25, 0.3) is 9.88 Å². The maximum absolute atomic E-state index is 12.5. The molecule has 0 atom stereocenters. The number of para-hydroxylation sites is 1. The highest BCUT2D eigenvalue weighted by Gasteiger charge is 2.18. The van der Waals surface area contributed by atoms with Gasteiger partial charge in [0.2, 0.25) is 5.91 Å². The number of carbonyl (C=O) groups excluding carboxylic acids is 2. The largest absolute Gasteiger partial charge is 0.332 e. The summed E-state index contributed by atoms with van der Waals surface area (Å²) in [5.74, 6) is -0.478. The lowest BCUT2D eigenvalue weighted by Crippen LogP contribution is -2.34. The van der Waals surface area contributed by atoms with Crippen molar-refractivity contribution in [2.75, 3.05) is 18.9 Å². The zero-order valence-electron chi connectivity index (χ0n) is 13.2. The number of thiazole rings is 1. The first kappa shape index (κ1) is 17.8. The Morgan fingerprint density at radius 1 is 1.24 bits per heavy atom. The lowest BCUT2D eigenvalue weighted by atomic mass is 10.3. The fourth-order valence-electron chi connectivity index (χ4n) is 2.11. The van der Waals surface area contributed by atoms with Crippen molar-refractivity contribution in [1.82, 2.24) is 9.88 Å². The maximum atomic E-state index is 12.5. The molecule has 1 aromatic carbocycles. The van der Waals surface area contributed by atoms with E-state index in [-0.39, 0.29) is 18.4 Å². The first-order chi connectivity index (χ1) is 12.0. The molecular formula is C17H14BrN3O2S2. The summed E-state index contributed by atoms with van der Waals surface area (Å²) in [6.07, 6.45) is 1.56. The second-order valence-electron chi connectivity index (χ2n) is 5.20. The minimum Gasteiger partial charge on any atom is -0.332 e. The minimum absolute atomic E-state index is 0.0353. The summed E-state index contributed by atoms with van der Waals surface area (Å²) in [5, 5.41) is 5.56. The smallest absolute Gasteiger partial charge is 0.265 e. The topological polar surface area (TPSA) is 62.3 Å². The number of nitrogens with zero attached hydrogens (tertiary/aromatic N) is 2. The molecule has 8 heteroatoms. The predicted octanol–water partition coefficient (Wildman–Crippen LogP) is 4.34. The van der Waals surface area contributed by atoms with E-state index in [2.05, 4.69) is 26.2 Å². The Kier molecular flexibility index (Phi) is 5.62. The van der Waals surface area contributed by atoms with Crippen LogP contribution in [0.4, 0.5) is 5.69 Å². The van der Waals surface area contributed by atoms with Gasteiger partial charge in [0.15, 0.2) is 0 Å². The van der Waals surface area contributed by atoms with Gasteiger partial charge in [-0.25, -0.2) is 4.98 Å². The van der Waals surface area contributed by atoms with Crippen LogP contribution in [0, 0.1) is 0 Å². The Morgan fingerprint density at radius 3 is 2.76 bits per heavy atom. The monoisotopic (exact) mass is 435 g/mol. The van der Waals surface area contributed by atoms with Gasteiger partial charge in [-0.1, -0.05) is 18.2 Å². The summed E-state index contributed by atoms with van der Waals surface area (Å²) in [6, 6.07) is 11.2. The van der Waals surface area contributed by atoms with Gasteiger partial charge in [0, 0.05) is 11.5 Å². The molecule has 0 radical (unpaired) electrons. The van der Waals surface area contributed by atoms with Gasteiger partial charge in [-0.3, -0.25) is 9.59 Å². The van der Waals surface area contributed by atoms with Crippen LogP contribution in [0.1, 0.15) is 9.67 Å². The van der Waals surface area contributed by atoms with E-state index in [0.29, 0.717) is 10.6 Å². The Labute approximate surface area is 161 Å². The number of rotatable bonds is 5. The van der Waals surface area contributed by atoms with E-state index in [0.717, 1.165) is 14.4 Å². The number of amides is 2. The van der Waals surface area contributed by atoms with Gasteiger partial charge in [0.05, 0.1) is 23.3 Å². The first-order valence-corrected chi connectivity index (χ1v) is 9.83. The van der Waals surface area contributed by atoms with E-state index in [9.17, 15) is 9.59 Å². The van der Waals surface area contributed by atoms with Gasteiger partial charge in [-0.2, -0.15) is 0 Å². The van der Waals surface area contributed by atoms with E-state index in [1.54, 1.807) is 30.6 Å². The van der Waals surface area contributed by atoms with Crippen LogP contribution in [-0.2, 0) is 4.79 Å². The zero-order chi connectivity index (χ0) is 17.8. The second kappa shape index (κ2) is 7.90. The van der Waals surface area contributed by atoms with Crippen LogP contribution in [0.3, 0.4) is 0 Å². The van der Waals surface area contributed by atoms with Crippen LogP contribution in [0.15, 0.2) is 52.4 Å². The van der Waals surface area contributed by atoms with Gasteiger partial charge in [0.1, 0.15) is 9.88 Å². The number of benzene rings is 1. The third kappa shape index (κ3) is 4.33. The van der Waals surface area contributed by atoms with Crippen molar-refractivity contribution < 1.29 is 9.59 Å². The van der Waals surface area contributed by atoms with E-state index < -0.39 is 0 Å². The van der Waals surface area contributed by atoms with Crippen LogP contribution in [0.5, 0.6) is 0 Å². The molecular weight excluding hydrogens is 422 g/mol. The van der Waals surface area contributed by atoms with Crippen LogP contribution < -0.4 is 5.32 Å². The van der Waals surface area contributed by atoms with E-state index in [4.69, 9.17) is 0 Å². The van der Waals surface area contributed by atoms with Crippen molar-refractivity contribution in [3.8, 4) is 9.88 Å². The molecule has 128 valence electrons. The normalized spacial score (nSPS) is 10.5. The summed E-state index contributed by atoms with van der Waals surface area (Å²) in [4.78, 5) is 31.9. The maximum Gasteiger partial charge on any atom is 0.265 e. The molecule has 25 heavy (non-hydrogen) atoms. The molecule has 3 rings (SSSR count). The molecule has 0 saturated heterocycles. The van der Waals surface area contributed by atoms with Crippen molar-refractivity contribution >= 4 is 56.1 Å². The molecule has 0 unspecified atom stereocenters. The van der Waals surface area contributed by atoms with Gasteiger partial charge in [0.25, 0.3) is 5.91 Å². The van der Waals surface area contributed by atoms with Crippen molar-refractivity contribution in [1.29, 1.82) is 0 Å². The number of halogens is 1. The molecule has 0 spiro atoms. The number of carbonyl (C=O) groups is 2. The Morgan fingerprint density at radius 2 is 2.04 bits per heavy atom. The molecule has 0 aliphatic carbocycles. The summed E-state index contributed by atoms with van der Waals surface area (Å²) < 4.78 is 0.792. The highest BCUT2D eigenvalue weighted by atomic mass is 79.9. The van der Waals surface area contributed by atoms with Crippen molar-refractivity contribution in [2.24, 2.45) is 0 Å². The summed E-state index contributed by atoms with van der Waals surface area (Å²) in [5.41, 5.74) is 0.672. The van der Waals surface area contributed by atoms with Gasteiger partial charge < -0.3 is 10.2 Å². The predicted molar refractivity (Wildman–Crippen MR) is 105 cm³/mol. The number of thiophene rings is 1. The average Bonchev–Trinajstić information content (AvgIpc) is 3.27. The molecule has 0 saturated carbocycles. The second-order valence-corrected chi connectivity index (χ2v) is 8.03. The fourth-order valence-corrected chi connectivity index (χ4v) is 4.21. The van der Waals surface area contributed by atoms with E-state index >= 15 is 0 Å². The average molecular weight is 436 g/mol. The first-order valence-electron chi connectivity index (χ1n) is 7.34. The van der Waals surface area contributed by atoms with Gasteiger partial charge in [-0.05, 0) is 39.5 Å². The molecule has 2 heterocycles. The minimum atomic E-state index is -0.259. The lowest BCUT2D eigenvalue weighted by Gasteiger charge is -2.16. The number of anilines is 1. The molecule has 2 aromatic heterocycles. The zero-order valence-corrected chi connectivity index (χ0v) is 16.5. The van der Waals surface area contributed by atoms with E-state index in [1.807, 2.05) is 35.7 Å². The standard InChI is InChI=1S/C17H14BrN3O2S2/c1-21(10-15(22)20-12-6-3-2-5-11(12)18)17(23)14-9-19-16(25-14)13-7-4-8-24-13/h2-9H,10H2,1H3,(H,20,22). The molecule has 1 N–H and O–H groups in total. The number of hydrogen-bond acceptors (Lipinski definition) is 5. The molecule has 5 nitrogen and oxygen atoms in total. The molecule has 0 aliphatic heterocycles. The molecule has 0 bridgehead atoms. The summed E-state index contributed by atoms with van der Waals surface area (Å²) in [7, 11) is 1.60. The quantitative estimate of drug-likeness (QED) is 0.647. The van der Waals surface area contributed by atoms with Crippen LogP contribution in [-0.4, -0.2) is 35.3 Å². The van der Waals surface area contributed by atoms with Crippen LogP contribution in [0.2, 0.25) is 0 Å². The Hall–Kier alpha value is -2.03. The van der Waals surface area contributed by atoms with E-state index in [1.165, 1.54) is 16.2 Å². The fraction of sp³-hybridized carbons (Fsp3) is 0.118. The Bertz CT molecular complexity index is 893. The lowest BCUT2D eigenvalue weighted by molar-refractivity contribution is -0.116. The van der Waals surface area contributed by atoms with Crippen LogP contribution >= 0.6 is 38.6 Å². The van der Waals surface area contributed by atoms with Crippen molar-refractivity contribution in [3.05, 3.63) is 57.3 Å². The van der Waals surface area contributed by atoms with Gasteiger partial charge in [-0.15, -0.1) is 22.7 Å². The molecule has 0 aliphatic rings. The summed E-state index contributed by atoms with van der Waals surface area (Å²) >= 11 is 6.28. The molecule has 2 amide bonds. The third-order valence-electron chi connectivity index (χ3n) is 3.32. The molecule has 3 aromatic rings. The third-order valence-corrected chi connectivity index (χ3v) is 6.04. The molecule has 0 fully saturated rings. The number of likely N-dealkylation sites (N-methyl/N-ethyl adjacent to an activating group) is 1. The van der Waals surface area contributed by atoms with Crippen molar-refractivity contribution in [2.45, 2.75) is 0 Å². The Balaban J connectivity index is 1.63.